The lowest BCUT2D eigenvalue weighted by Gasteiger charge is -2.06. The predicted octanol–water partition coefficient (Wildman–Crippen LogP) is 3.89. The molecular formula is C17H15NO4. The Morgan fingerprint density at radius 1 is 1.14 bits per heavy atom. The maximum absolute atomic E-state index is 12.4. The topological polar surface area (TPSA) is 69.4 Å². The third-order valence-electron chi connectivity index (χ3n) is 3.21. The fraction of sp³-hybridized carbons (Fsp3) is 0.118. The average molecular weight is 297 g/mol. The zero-order chi connectivity index (χ0) is 16.1. The minimum Gasteiger partial charge on any atom is -0.496 e. The molecule has 0 atom stereocenters. The van der Waals surface area contributed by atoms with Crippen molar-refractivity contribution in [2.24, 2.45) is 0 Å². The van der Waals surface area contributed by atoms with Gasteiger partial charge in [0.2, 0.25) is 0 Å². The summed E-state index contributed by atoms with van der Waals surface area (Å²) in [6.45, 7) is 1.70. The highest BCUT2D eigenvalue weighted by Crippen LogP contribution is 2.22. The van der Waals surface area contributed by atoms with Crippen LogP contribution in [0.1, 0.15) is 22.8 Å². The molecule has 0 amide bonds. The van der Waals surface area contributed by atoms with E-state index in [1.807, 2.05) is 24.3 Å². The summed E-state index contributed by atoms with van der Waals surface area (Å²) >= 11 is 0. The highest BCUT2D eigenvalue weighted by atomic mass is 16.6. The number of benzene rings is 2. The van der Waals surface area contributed by atoms with Gasteiger partial charge < -0.3 is 4.74 Å². The van der Waals surface area contributed by atoms with Gasteiger partial charge in [0.1, 0.15) is 5.75 Å². The fourth-order valence-electron chi connectivity index (χ4n) is 2.05. The van der Waals surface area contributed by atoms with E-state index in [0.717, 1.165) is 5.56 Å². The highest BCUT2D eigenvalue weighted by molar-refractivity contribution is 6.11. The number of nitro benzene ring substituents is 1. The van der Waals surface area contributed by atoms with E-state index in [9.17, 15) is 14.9 Å². The number of carbonyl (C=O) groups is 1. The van der Waals surface area contributed by atoms with Gasteiger partial charge in [-0.1, -0.05) is 18.2 Å². The Morgan fingerprint density at radius 2 is 1.77 bits per heavy atom. The normalized spacial score (nSPS) is 11.1. The van der Waals surface area contributed by atoms with Gasteiger partial charge in [-0.25, -0.2) is 0 Å². The van der Waals surface area contributed by atoms with Gasteiger partial charge in [-0.15, -0.1) is 0 Å². The highest BCUT2D eigenvalue weighted by Gasteiger charge is 2.11. The molecule has 2 aromatic rings. The zero-order valence-corrected chi connectivity index (χ0v) is 12.3. The van der Waals surface area contributed by atoms with Crippen molar-refractivity contribution in [2.75, 3.05) is 7.11 Å². The first kappa shape index (κ1) is 15.4. The van der Waals surface area contributed by atoms with Crippen molar-refractivity contribution in [2.45, 2.75) is 6.92 Å². The Morgan fingerprint density at radius 3 is 2.36 bits per heavy atom. The third kappa shape index (κ3) is 3.38. The van der Waals surface area contributed by atoms with Crippen LogP contribution in [0.15, 0.2) is 54.1 Å². The van der Waals surface area contributed by atoms with E-state index in [-0.39, 0.29) is 11.5 Å². The SMILES string of the molecule is COc1ccccc1/C=C(\C)C(=O)c1ccc([N+](=O)[O-])cc1. The molecule has 5 heteroatoms. The minimum atomic E-state index is -0.494. The summed E-state index contributed by atoms with van der Waals surface area (Å²) in [7, 11) is 1.57. The standard InChI is InChI=1S/C17H15NO4/c1-12(11-14-5-3-4-6-16(14)22-2)17(19)13-7-9-15(10-8-13)18(20)21/h3-11H,1-2H3/b12-11+. The Bertz CT molecular complexity index is 733. The molecule has 0 aliphatic heterocycles. The lowest BCUT2D eigenvalue weighted by Crippen LogP contribution is -2.01. The predicted molar refractivity (Wildman–Crippen MR) is 84.1 cm³/mol. The molecule has 112 valence electrons. The van der Waals surface area contributed by atoms with Gasteiger partial charge >= 0.3 is 0 Å². The number of allylic oxidation sites excluding steroid dienone is 1. The van der Waals surface area contributed by atoms with Crippen molar-refractivity contribution < 1.29 is 14.5 Å². The molecular weight excluding hydrogens is 282 g/mol. The van der Waals surface area contributed by atoms with Crippen LogP contribution in [0.4, 0.5) is 5.69 Å². The molecule has 0 aromatic heterocycles. The molecule has 0 radical (unpaired) electrons. The average Bonchev–Trinajstić information content (AvgIpc) is 2.54. The second-order valence-electron chi connectivity index (χ2n) is 4.70. The number of carbonyl (C=O) groups excluding carboxylic acids is 1. The van der Waals surface area contributed by atoms with Crippen molar-refractivity contribution in [1.29, 1.82) is 0 Å². The van der Waals surface area contributed by atoms with Crippen molar-refractivity contribution in [3.8, 4) is 5.75 Å². The number of hydrogen-bond acceptors (Lipinski definition) is 4. The molecule has 0 N–H and O–H groups in total. The number of methoxy groups -OCH3 is 1. The molecule has 0 aliphatic carbocycles. The van der Waals surface area contributed by atoms with Crippen molar-refractivity contribution in [1.82, 2.24) is 0 Å². The largest absolute Gasteiger partial charge is 0.496 e. The van der Waals surface area contributed by atoms with E-state index >= 15 is 0 Å². The van der Waals surface area contributed by atoms with Crippen LogP contribution in [0, 0.1) is 10.1 Å². The van der Waals surface area contributed by atoms with Crippen LogP contribution >= 0.6 is 0 Å². The van der Waals surface area contributed by atoms with Gasteiger partial charge in [-0.2, -0.15) is 0 Å². The first-order valence-corrected chi connectivity index (χ1v) is 6.63. The molecule has 0 saturated heterocycles. The summed E-state index contributed by atoms with van der Waals surface area (Å²) in [5, 5.41) is 10.6. The molecule has 0 heterocycles. The number of nitrogens with zero attached hydrogens (tertiary/aromatic N) is 1. The van der Waals surface area contributed by atoms with Gasteiger partial charge in [0.25, 0.3) is 5.69 Å². The van der Waals surface area contributed by atoms with Crippen LogP contribution in [-0.2, 0) is 0 Å². The summed E-state index contributed by atoms with van der Waals surface area (Å²) in [5.74, 6) is 0.499. The van der Waals surface area contributed by atoms with E-state index in [2.05, 4.69) is 0 Å². The monoisotopic (exact) mass is 297 g/mol. The summed E-state index contributed by atoms with van der Waals surface area (Å²) in [6, 6.07) is 12.9. The number of Topliss-reactive ketones (excluding diaryl/α,β-unsaturated/α-hetero) is 1. The number of rotatable bonds is 5. The summed E-state index contributed by atoms with van der Waals surface area (Å²) in [5.41, 5.74) is 1.70. The Hall–Kier alpha value is -2.95. The van der Waals surface area contributed by atoms with Gasteiger partial charge in [0, 0.05) is 23.3 Å². The lowest BCUT2D eigenvalue weighted by molar-refractivity contribution is -0.384. The number of ether oxygens (including phenoxy) is 1. The summed E-state index contributed by atoms with van der Waals surface area (Å²) < 4.78 is 5.24. The molecule has 22 heavy (non-hydrogen) atoms. The maximum atomic E-state index is 12.4. The summed E-state index contributed by atoms with van der Waals surface area (Å²) in [4.78, 5) is 22.5. The molecule has 2 rings (SSSR count). The molecule has 0 spiro atoms. The van der Waals surface area contributed by atoms with Crippen molar-refractivity contribution in [3.63, 3.8) is 0 Å². The minimum absolute atomic E-state index is 0.0390. The Labute approximate surface area is 128 Å². The van der Waals surface area contributed by atoms with Crippen LogP contribution < -0.4 is 4.74 Å². The van der Waals surface area contributed by atoms with Crippen molar-refractivity contribution in [3.05, 3.63) is 75.3 Å². The van der Waals surface area contributed by atoms with E-state index in [1.54, 1.807) is 20.1 Å². The van der Waals surface area contributed by atoms with Crippen LogP contribution in [0.25, 0.3) is 6.08 Å². The van der Waals surface area contributed by atoms with Crippen LogP contribution in [0.5, 0.6) is 5.75 Å². The van der Waals surface area contributed by atoms with E-state index in [1.165, 1.54) is 24.3 Å². The van der Waals surface area contributed by atoms with Gasteiger partial charge in [0.15, 0.2) is 5.78 Å². The zero-order valence-electron chi connectivity index (χ0n) is 12.3. The Balaban J connectivity index is 2.28. The van der Waals surface area contributed by atoms with Gasteiger partial charge in [-0.3, -0.25) is 14.9 Å². The Kier molecular flexibility index (Phi) is 4.68. The van der Waals surface area contributed by atoms with Crippen LogP contribution in [-0.4, -0.2) is 17.8 Å². The smallest absolute Gasteiger partial charge is 0.269 e. The molecule has 0 saturated carbocycles. The second-order valence-corrected chi connectivity index (χ2v) is 4.70. The molecule has 5 nitrogen and oxygen atoms in total. The van der Waals surface area contributed by atoms with Crippen LogP contribution in [0.2, 0.25) is 0 Å². The van der Waals surface area contributed by atoms with E-state index in [4.69, 9.17) is 4.74 Å². The van der Waals surface area contributed by atoms with E-state index in [0.29, 0.717) is 16.9 Å². The molecule has 0 bridgehead atoms. The second kappa shape index (κ2) is 6.67. The number of nitro groups is 1. The fourth-order valence-corrected chi connectivity index (χ4v) is 2.05. The van der Waals surface area contributed by atoms with Crippen molar-refractivity contribution >= 4 is 17.5 Å². The molecule has 2 aromatic carbocycles. The molecule has 0 unspecified atom stereocenters. The first-order chi connectivity index (χ1) is 10.5. The number of para-hydroxylation sites is 1. The quantitative estimate of drug-likeness (QED) is 0.363. The third-order valence-corrected chi connectivity index (χ3v) is 3.21. The number of ketones is 1. The number of non-ortho nitro benzene ring substituents is 1. The van der Waals surface area contributed by atoms with E-state index < -0.39 is 4.92 Å². The molecule has 0 fully saturated rings. The van der Waals surface area contributed by atoms with Crippen LogP contribution in [0.3, 0.4) is 0 Å². The van der Waals surface area contributed by atoms with Gasteiger partial charge in [-0.05, 0) is 36.8 Å². The maximum Gasteiger partial charge on any atom is 0.269 e. The summed E-state index contributed by atoms with van der Waals surface area (Å²) in [6.07, 6.45) is 1.74. The lowest BCUT2D eigenvalue weighted by atomic mass is 10.0. The van der Waals surface area contributed by atoms with Gasteiger partial charge in [0.05, 0.1) is 12.0 Å². The molecule has 0 aliphatic rings. The first-order valence-electron chi connectivity index (χ1n) is 6.63. The number of hydrogen-bond donors (Lipinski definition) is 0.